The standard InChI is InChI=1S/C46H27N5S2/c1-3-12-28(13-4-1)43-48-44(29-14-5-2-6-15-29)50-45(49-43)30-22-23-37-42(25-30)53-46(47-37)31-16-11-17-32(24-31)51-38-20-9-7-18-33(38)35-26-36-34-19-8-10-21-40(34)52-41(36)27-39(35)51/h1-27H. The summed E-state index contributed by atoms with van der Waals surface area (Å²) in [6.45, 7) is 0. The highest BCUT2D eigenvalue weighted by atomic mass is 32.1. The van der Waals surface area contributed by atoms with Crippen molar-refractivity contribution in [3.63, 3.8) is 0 Å². The van der Waals surface area contributed by atoms with Gasteiger partial charge < -0.3 is 4.57 Å². The molecule has 0 aliphatic heterocycles. The van der Waals surface area contributed by atoms with Crippen LogP contribution in [-0.4, -0.2) is 24.5 Å². The van der Waals surface area contributed by atoms with Gasteiger partial charge in [-0.1, -0.05) is 109 Å². The second kappa shape index (κ2) is 12.0. The third-order valence-corrected chi connectivity index (χ3v) is 12.1. The van der Waals surface area contributed by atoms with Crippen LogP contribution in [-0.2, 0) is 0 Å². The van der Waals surface area contributed by atoms with Crippen LogP contribution in [0.5, 0.6) is 0 Å². The van der Waals surface area contributed by atoms with Gasteiger partial charge in [-0.25, -0.2) is 19.9 Å². The van der Waals surface area contributed by atoms with Gasteiger partial charge in [-0.2, -0.15) is 0 Å². The molecule has 11 rings (SSSR count). The molecule has 248 valence electrons. The minimum atomic E-state index is 0.635. The molecule has 0 saturated carbocycles. The molecule has 7 heteroatoms. The van der Waals surface area contributed by atoms with Crippen LogP contribution in [0, 0.1) is 0 Å². The minimum absolute atomic E-state index is 0.635. The molecule has 53 heavy (non-hydrogen) atoms. The molecule has 0 unspecified atom stereocenters. The van der Waals surface area contributed by atoms with E-state index in [1.54, 1.807) is 11.3 Å². The number of fused-ring (bicyclic) bond motifs is 7. The number of rotatable bonds is 5. The summed E-state index contributed by atoms with van der Waals surface area (Å²) in [6.07, 6.45) is 0. The van der Waals surface area contributed by atoms with Crippen LogP contribution in [0.4, 0.5) is 0 Å². The van der Waals surface area contributed by atoms with Gasteiger partial charge in [-0.3, -0.25) is 0 Å². The van der Waals surface area contributed by atoms with E-state index in [-0.39, 0.29) is 0 Å². The third-order valence-electron chi connectivity index (χ3n) is 9.87. The Balaban J connectivity index is 1.02. The first-order chi connectivity index (χ1) is 26.2. The van der Waals surface area contributed by atoms with Crippen molar-refractivity contribution in [3.8, 4) is 50.4 Å². The van der Waals surface area contributed by atoms with Gasteiger partial charge >= 0.3 is 0 Å². The number of hydrogen-bond donors (Lipinski definition) is 0. The van der Waals surface area contributed by atoms with Gasteiger partial charge in [0.25, 0.3) is 0 Å². The summed E-state index contributed by atoms with van der Waals surface area (Å²) in [5, 5.41) is 6.11. The molecular formula is C46H27N5S2. The van der Waals surface area contributed by atoms with Gasteiger partial charge in [0.05, 0.1) is 21.3 Å². The van der Waals surface area contributed by atoms with Gasteiger partial charge in [-0.05, 0) is 54.6 Å². The predicted molar refractivity (Wildman–Crippen MR) is 222 cm³/mol. The Morgan fingerprint density at radius 1 is 0.358 bits per heavy atom. The molecule has 0 atom stereocenters. The van der Waals surface area contributed by atoms with Crippen molar-refractivity contribution in [2.45, 2.75) is 0 Å². The number of para-hydroxylation sites is 1. The van der Waals surface area contributed by atoms with Gasteiger partial charge in [-0.15, -0.1) is 22.7 Å². The maximum absolute atomic E-state index is 5.12. The van der Waals surface area contributed by atoms with Crippen molar-refractivity contribution in [3.05, 3.63) is 164 Å². The van der Waals surface area contributed by atoms with Gasteiger partial charge in [0.15, 0.2) is 17.5 Å². The van der Waals surface area contributed by atoms with Crippen molar-refractivity contribution in [1.29, 1.82) is 0 Å². The van der Waals surface area contributed by atoms with E-state index in [0.717, 1.165) is 43.2 Å². The summed E-state index contributed by atoms with van der Waals surface area (Å²) in [5.41, 5.74) is 8.37. The molecule has 0 spiro atoms. The summed E-state index contributed by atoms with van der Waals surface area (Å²) >= 11 is 3.55. The summed E-state index contributed by atoms with van der Waals surface area (Å²) in [6, 6.07) is 57.4. The first-order valence-corrected chi connectivity index (χ1v) is 19.1. The van der Waals surface area contributed by atoms with Gasteiger partial charge in [0, 0.05) is 58.9 Å². The van der Waals surface area contributed by atoms with E-state index in [9.17, 15) is 0 Å². The fourth-order valence-electron chi connectivity index (χ4n) is 7.37. The topological polar surface area (TPSA) is 56.5 Å². The first kappa shape index (κ1) is 30.1. The SMILES string of the molecule is c1ccc(-c2nc(-c3ccccc3)nc(-c3ccc4nc(-c5cccc(-n6c7ccccc7c7cc8c(cc76)sc6ccccc68)c5)sc4c3)n2)cc1. The van der Waals surface area contributed by atoms with E-state index in [1.807, 2.05) is 72.0 Å². The molecule has 11 aromatic rings. The Bertz CT molecular complexity index is 3120. The Labute approximate surface area is 312 Å². The number of nitrogens with zero attached hydrogens (tertiary/aromatic N) is 5. The van der Waals surface area contributed by atoms with Crippen LogP contribution in [0.3, 0.4) is 0 Å². The van der Waals surface area contributed by atoms with Crippen LogP contribution in [0.25, 0.3) is 103 Å². The molecule has 4 heterocycles. The third kappa shape index (κ3) is 5.04. The van der Waals surface area contributed by atoms with Crippen LogP contribution >= 0.6 is 22.7 Å². The molecule has 0 aliphatic carbocycles. The summed E-state index contributed by atoms with van der Waals surface area (Å²) in [5.74, 6) is 1.93. The average Bonchev–Trinajstić information content (AvgIpc) is 3.92. The van der Waals surface area contributed by atoms with Crippen molar-refractivity contribution in [1.82, 2.24) is 24.5 Å². The first-order valence-electron chi connectivity index (χ1n) is 17.5. The van der Waals surface area contributed by atoms with E-state index < -0.39 is 0 Å². The smallest absolute Gasteiger partial charge is 0.164 e. The second-order valence-electron chi connectivity index (χ2n) is 13.1. The van der Waals surface area contributed by atoms with Gasteiger partial charge in [0.2, 0.25) is 0 Å². The number of aromatic nitrogens is 5. The Hall–Kier alpha value is -6.54. The molecule has 4 aromatic heterocycles. The molecule has 7 aromatic carbocycles. The zero-order chi connectivity index (χ0) is 34.9. The van der Waals surface area contributed by atoms with E-state index in [4.69, 9.17) is 19.9 Å². The quantitative estimate of drug-likeness (QED) is 0.178. The Kier molecular flexibility index (Phi) is 6.83. The lowest BCUT2D eigenvalue weighted by atomic mass is 10.1. The molecule has 0 N–H and O–H groups in total. The molecule has 0 fully saturated rings. The van der Waals surface area contributed by atoms with E-state index in [0.29, 0.717) is 17.5 Å². The number of benzene rings is 7. The fourth-order valence-corrected chi connectivity index (χ4v) is 9.49. The van der Waals surface area contributed by atoms with Crippen molar-refractivity contribution in [2.75, 3.05) is 0 Å². The predicted octanol–water partition coefficient (Wildman–Crippen LogP) is 12.6. The van der Waals surface area contributed by atoms with E-state index >= 15 is 0 Å². The average molecular weight is 714 g/mol. The summed E-state index contributed by atoms with van der Waals surface area (Å²) in [4.78, 5) is 19.9. The van der Waals surface area contributed by atoms with Gasteiger partial charge in [0.1, 0.15) is 5.01 Å². The highest BCUT2D eigenvalue weighted by Crippen LogP contribution is 2.41. The maximum Gasteiger partial charge on any atom is 0.164 e. The molecule has 0 aliphatic rings. The zero-order valence-corrected chi connectivity index (χ0v) is 29.8. The lowest BCUT2D eigenvalue weighted by Crippen LogP contribution is -1.99. The summed E-state index contributed by atoms with van der Waals surface area (Å²) in [7, 11) is 0. The number of hydrogen-bond acceptors (Lipinski definition) is 6. The summed E-state index contributed by atoms with van der Waals surface area (Å²) < 4.78 is 6.09. The molecule has 0 radical (unpaired) electrons. The van der Waals surface area contributed by atoms with Crippen molar-refractivity contribution >= 4 is 74.9 Å². The molecule has 0 bridgehead atoms. The molecule has 0 amide bonds. The largest absolute Gasteiger partial charge is 0.309 e. The Morgan fingerprint density at radius 2 is 1.02 bits per heavy atom. The zero-order valence-electron chi connectivity index (χ0n) is 28.1. The van der Waals surface area contributed by atoms with Crippen LogP contribution in [0.2, 0.25) is 0 Å². The molecular weight excluding hydrogens is 687 g/mol. The fraction of sp³-hybridized carbons (Fsp3) is 0. The normalized spacial score (nSPS) is 11.8. The van der Waals surface area contributed by atoms with Crippen molar-refractivity contribution < 1.29 is 0 Å². The maximum atomic E-state index is 5.12. The molecule has 5 nitrogen and oxygen atoms in total. The lowest BCUT2D eigenvalue weighted by Gasteiger charge is -2.09. The number of thiophene rings is 1. The van der Waals surface area contributed by atoms with Crippen molar-refractivity contribution in [2.24, 2.45) is 0 Å². The van der Waals surface area contributed by atoms with E-state index in [2.05, 4.69) is 108 Å². The van der Waals surface area contributed by atoms with Crippen LogP contribution in [0.1, 0.15) is 0 Å². The highest BCUT2D eigenvalue weighted by molar-refractivity contribution is 7.25. The van der Waals surface area contributed by atoms with E-state index in [1.165, 1.54) is 42.0 Å². The van der Waals surface area contributed by atoms with Crippen LogP contribution in [0.15, 0.2) is 164 Å². The minimum Gasteiger partial charge on any atom is -0.309 e. The van der Waals surface area contributed by atoms with Crippen LogP contribution < -0.4 is 0 Å². The Morgan fingerprint density at radius 3 is 1.79 bits per heavy atom. The lowest BCUT2D eigenvalue weighted by molar-refractivity contribution is 1.07. The second-order valence-corrected chi connectivity index (χ2v) is 15.2. The monoisotopic (exact) mass is 713 g/mol. The number of thiazole rings is 1. The molecule has 0 saturated heterocycles. The highest BCUT2D eigenvalue weighted by Gasteiger charge is 2.18.